The van der Waals surface area contributed by atoms with Gasteiger partial charge in [0.1, 0.15) is 11.2 Å². The fourth-order valence-electron chi connectivity index (χ4n) is 10.5. The SMILES string of the molecule is c1ccc2c(c1)-c1ccccc1C21c2cc3ccccc3cc2-c2c(-c3cccc4ccccc34)cc(-c3cccc4oc5cc6ccccc6cc5c34)cc21. The van der Waals surface area contributed by atoms with E-state index in [1.165, 1.54) is 99.1 Å². The fourth-order valence-corrected chi connectivity index (χ4v) is 10.5. The van der Waals surface area contributed by atoms with Gasteiger partial charge in [0.05, 0.1) is 5.41 Å². The van der Waals surface area contributed by atoms with Crippen molar-refractivity contribution in [2.45, 2.75) is 5.41 Å². The summed E-state index contributed by atoms with van der Waals surface area (Å²) >= 11 is 0. The smallest absolute Gasteiger partial charge is 0.136 e. The van der Waals surface area contributed by atoms with Gasteiger partial charge in [0.15, 0.2) is 0 Å². The zero-order valence-electron chi connectivity index (χ0n) is 30.4. The van der Waals surface area contributed by atoms with Crippen molar-refractivity contribution in [1.29, 1.82) is 0 Å². The van der Waals surface area contributed by atoms with E-state index in [-0.39, 0.29) is 0 Å². The summed E-state index contributed by atoms with van der Waals surface area (Å²) in [5.41, 5.74) is 16.8. The number of hydrogen-bond acceptors (Lipinski definition) is 1. The van der Waals surface area contributed by atoms with Gasteiger partial charge in [-0.15, -0.1) is 0 Å². The Bertz CT molecular complexity index is 3440. The lowest BCUT2D eigenvalue weighted by molar-refractivity contribution is 0.669. The average Bonchev–Trinajstić information content (AvgIpc) is 3.87. The van der Waals surface area contributed by atoms with E-state index in [0.29, 0.717) is 0 Å². The van der Waals surface area contributed by atoms with Crippen LogP contribution in [0.25, 0.3) is 98.8 Å². The summed E-state index contributed by atoms with van der Waals surface area (Å²) in [4.78, 5) is 0. The van der Waals surface area contributed by atoms with Crippen LogP contribution in [0.3, 0.4) is 0 Å². The third kappa shape index (κ3) is 3.84. The van der Waals surface area contributed by atoms with Crippen molar-refractivity contribution in [3.05, 3.63) is 216 Å². The summed E-state index contributed by atoms with van der Waals surface area (Å²) in [7, 11) is 0. The van der Waals surface area contributed by atoms with Crippen molar-refractivity contribution in [2.24, 2.45) is 0 Å². The predicted octanol–water partition coefficient (Wildman–Crippen LogP) is 14.7. The lowest BCUT2D eigenvalue weighted by Gasteiger charge is -2.31. The molecule has 0 saturated heterocycles. The molecule has 1 nitrogen and oxygen atoms in total. The molecule has 0 aliphatic heterocycles. The molecule has 0 fully saturated rings. The summed E-state index contributed by atoms with van der Waals surface area (Å²) in [6.07, 6.45) is 0. The third-order valence-electron chi connectivity index (χ3n) is 12.8. The molecule has 0 saturated carbocycles. The second-order valence-electron chi connectivity index (χ2n) is 15.5. The van der Waals surface area contributed by atoms with Gasteiger partial charge in [0.2, 0.25) is 0 Å². The maximum absolute atomic E-state index is 6.67. The van der Waals surface area contributed by atoms with Crippen LogP contribution in [-0.4, -0.2) is 0 Å². The van der Waals surface area contributed by atoms with Gasteiger partial charge in [-0.1, -0.05) is 152 Å². The van der Waals surface area contributed by atoms with Crippen LogP contribution in [0.5, 0.6) is 0 Å². The van der Waals surface area contributed by atoms with Crippen LogP contribution < -0.4 is 0 Å². The minimum atomic E-state index is -0.514. The summed E-state index contributed by atoms with van der Waals surface area (Å²) in [5, 5.41) is 9.69. The molecule has 258 valence electrons. The van der Waals surface area contributed by atoms with Gasteiger partial charge in [0.25, 0.3) is 0 Å². The number of furan rings is 1. The molecular weight excluding hydrogens is 677 g/mol. The minimum Gasteiger partial charge on any atom is -0.456 e. The normalized spacial score (nSPS) is 13.5. The Morgan fingerprint density at radius 3 is 1.64 bits per heavy atom. The second-order valence-corrected chi connectivity index (χ2v) is 15.5. The maximum Gasteiger partial charge on any atom is 0.136 e. The molecule has 0 unspecified atom stereocenters. The Labute approximate surface area is 323 Å². The molecule has 10 aromatic carbocycles. The monoisotopic (exact) mass is 708 g/mol. The van der Waals surface area contributed by atoms with Crippen LogP contribution in [0.4, 0.5) is 0 Å². The van der Waals surface area contributed by atoms with Crippen molar-refractivity contribution in [1.82, 2.24) is 0 Å². The van der Waals surface area contributed by atoms with E-state index in [1.807, 2.05) is 0 Å². The lowest BCUT2D eigenvalue weighted by atomic mass is 9.69. The molecule has 0 radical (unpaired) electrons. The summed E-state index contributed by atoms with van der Waals surface area (Å²) < 4.78 is 6.67. The number of hydrogen-bond donors (Lipinski definition) is 0. The first-order valence-electron chi connectivity index (χ1n) is 19.5. The van der Waals surface area contributed by atoms with Gasteiger partial charge >= 0.3 is 0 Å². The highest BCUT2D eigenvalue weighted by Gasteiger charge is 2.52. The van der Waals surface area contributed by atoms with Gasteiger partial charge in [0, 0.05) is 10.8 Å². The molecule has 0 atom stereocenters. The molecule has 0 N–H and O–H groups in total. The molecule has 11 aromatic rings. The molecule has 56 heavy (non-hydrogen) atoms. The quantitative estimate of drug-likeness (QED) is 0.174. The highest BCUT2D eigenvalue weighted by molar-refractivity contribution is 6.17. The molecular formula is C55H32O. The summed E-state index contributed by atoms with van der Waals surface area (Å²) in [6.45, 7) is 0. The minimum absolute atomic E-state index is 0.514. The van der Waals surface area contributed by atoms with E-state index < -0.39 is 5.41 Å². The van der Waals surface area contributed by atoms with Crippen LogP contribution >= 0.6 is 0 Å². The lowest BCUT2D eigenvalue weighted by Crippen LogP contribution is -2.26. The van der Waals surface area contributed by atoms with Gasteiger partial charge in [-0.2, -0.15) is 0 Å². The first kappa shape index (κ1) is 30.1. The van der Waals surface area contributed by atoms with Crippen molar-refractivity contribution < 1.29 is 4.42 Å². The molecule has 2 aliphatic rings. The van der Waals surface area contributed by atoms with Gasteiger partial charge in [-0.3, -0.25) is 0 Å². The largest absolute Gasteiger partial charge is 0.456 e. The zero-order chi connectivity index (χ0) is 36.5. The van der Waals surface area contributed by atoms with Crippen molar-refractivity contribution >= 4 is 54.3 Å². The van der Waals surface area contributed by atoms with E-state index in [1.54, 1.807) is 0 Å². The van der Waals surface area contributed by atoms with Crippen LogP contribution in [0.2, 0.25) is 0 Å². The van der Waals surface area contributed by atoms with Crippen LogP contribution in [0.1, 0.15) is 22.3 Å². The number of benzene rings is 10. The Kier molecular flexibility index (Phi) is 5.89. The van der Waals surface area contributed by atoms with Crippen LogP contribution in [-0.2, 0) is 5.41 Å². The van der Waals surface area contributed by atoms with Crippen molar-refractivity contribution in [3.8, 4) is 44.5 Å². The molecule has 0 bridgehead atoms. The Balaban J connectivity index is 1.23. The van der Waals surface area contributed by atoms with E-state index in [2.05, 4.69) is 194 Å². The predicted molar refractivity (Wildman–Crippen MR) is 233 cm³/mol. The van der Waals surface area contributed by atoms with Crippen molar-refractivity contribution in [2.75, 3.05) is 0 Å². The zero-order valence-corrected chi connectivity index (χ0v) is 30.4. The van der Waals surface area contributed by atoms with Gasteiger partial charge in [-0.25, -0.2) is 0 Å². The molecule has 2 aliphatic carbocycles. The van der Waals surface area contributed by atoms with Gasteiger partial charge in [-0.05, 0) is 142 Å². The van der Waals surface area contributed by atoms with Crippen LogP contribution in [0, 0.1) is 0 Å². The maximum atomic E-state index is 6.67. The Morgan fingerprint density at radius 2 is 0.875 bits per heavy atom. The standard InChI is InChI=1S/C55H32O/c1-3-16-36-30-49-45(27-34(36)14-1)53-44(41-23-11-18-33-13-5-6-19-39(33)41)29-38(31-50(53)55(49)47-24-9-7-20-42(47)43-21-8-10-25-48(43)55)40-22-12-26-51-54(40)46-28-35-15-2-4-17-37(35)32-52(46)56-51/h1-32H. The summed E-state index contributed by atoms with van der Waals surface area (Å²) in [5.74, 6) is 0. The van der Waals surface area contributed by atoms with Crippen molar-refractivity contribution in [3.63, 3.8) is 0 Å². The molecule has 1 aromatic heterocycles. The Hall–Kier alpha value is -7.22. The number of fused-ring (bicyclic) bond motifs is 16. The molecule has 13 rings (SSSR count). The molecule has 0 amide bonds. The highest BCUT2D eigenvalue weighted by atomic mass is 16.3. The molecule has 1 spiro atoms. The van der Waals surface area contributed by atoms with E-state index in [0.717, 1.165) is 21.9 Å². The van der Waals surface area contributed by atoms with E-state index in [9.17, 15) is 0 Å². The van der Waals surface area contributed by atoms with Gasteiger partial charge < -0.3 is 4.42 Å². The highest BCUT2D eigenvalue weighted by Crippen LogP contribution is 2.65. The van der Waals surface area contributed by atoms with E-state index >= 15 is 0 Å². The average molecular weight is 709 g/mol. The molecule has 1 heterocycles. The third-order valence-corrected chi connectivity index (χ3v) is 12.8. The first-order chi connectivity index (χ1) is 27.8. The van der Waals surface area contributed by atoms with Crippen LogP contribution in [0.15, 0.2) is 199 Å². The second kappa shape index (κ2) is 10.9. The fraction of sp³-hybridized carbons (Fsp3) is 0.0182. The summed E-state index contributed by atoms with van der Waals surface area (Å²) in [6, 6.07) is 72.3. The topological polar surface area (TPSA) is 13.1 Å². The number of rotatable bonds is 2. The molecule has 1 heteroatoms. The first-order valence-corrected chi connectivity index (χ1v) is 19.5. The Morgan fingerprint density at radius 1 is 0.304 bits per heavy atom. The van der Waals surface area contributed by atoms with E-state index in [4.69, 9.17) is 4.42 Å².